The summed E-state index contributed by atoms with van der Waals surface area (Å²) in [6, 6.07) is 12.0. The smallest absolute Gasteiger partial charge is 0.240 e. The Balaban J connectivity index is 1.38. The highest BCUT2D eigenvalue weighted by atomic mass is 32.2. The molecule has 8 heteroatoms. The normalized spacial score (nSPS) is 16.8. The Morgan fingerprint density at radius 2 is 1.97 bits per heavy atom. The van der Waals surface area contributed by atoms with E-state index in [0.29, 0.717) is 6.54 Å². The summed E-state index contributed by atoms with van der Waals surface area (Å²) in [6.07, 6.45) is 4.92. The zero-order valence-electron chi connectivity index (χ0n) is 17.0. The Morgan fingerprint density at radius 3 is 2.77 bits per heavy atom. The Bertz CT molecular complexity index is 1030. The number of carbonyl (C=O) groups excluding carboxylic acids is 1. The van der Waals surface area contributed by atoms with Crippen LogP contribution in [0.2, 0.25) is 0 Å². The molecule has 1 aromatic carbocycles. The molecule has 1 amide bonds. The van der Waals surface area contributed by atoms with E-state index in [1.807, 2.05) is 42.2 Å². The van der Waals surface area contributed by atoms with Gasteiger partial charge in [0.05, 0.1) is 18.1 Å². The van der Waals surface area contributed by atoms with Gasteiger partial charge in [0, 0.05) is 25.3 Å². The number of amides is 1. The summed E-state index contributed by atoms with van der Waals surface area (Å²) >= 11 is 1.47. The molecule has 2 aliphatic rings. The standard InChI is InChI=1S/C22H25N5O2S/c1-16(20(28)26-13-10-17-7-2-3-9-19(17)26)30-22-24-23-21(25-11-4-5-12-25)27(22)15-18-8-6-14-29-18/h2-3,6-9,14,16H,4-5,10-13,15H2,1H3. The first-order valence-electron chi connectivity index (χ1n) is 10.5. The van der Waals surface area contributed by atoms with Gasteiger partial charge in [0.15, 0.2) is 5.16 Å². The van der Waals surface area contributed by atoms with E-state index in [0.717, 1.165) is 48.6 Å². The number of hydrogen-bond acceptors (Lipinski definition) is 6. The summed E-state index contributed by atoms with van der Waals surface area (Å²) in [4.78, 5) is 17.4. The average Bonchev–Trinajstić information content (AvgIpc) is 3.55. The van der Waals surface area contributed by atoms with E-state index in [1.54, 1.807) is 6.26 Å². The lowest BCUT2D eigenvalue weighted by atomic mass is 10.2. The lowest BCUT2D eigenvalue weighted by molar-refractivity contribution is -0.117. The Morgan fingerprint density at radius 1 is 1.13 bits per heavy atom. The molecule has 0 saturated carbocycles. The van der Waals surface area contributed by atoms with E-state index in [4.69, 9.17) is 4.42 Å². The highest BCUT2D eigenvalue weighted by Gasteiger charge is 2.30. The summed E-state index contributed by atoms with van der Waals surface area (Å²) in [5, 5.41) is 9.42. The van der Waals surface area contributed by atoms with Gasteiger partial charge in [-0.3, -0.25) is 9.36 Å². The predicted octanol–water partition coefficient (Wildman–Crippen LogP) is 3.59. The second kappa shape index (κ2) is 8.18. The van der Waals surface area contributed by atoms with Gasteiger partial charge >= 0.3 is 0 Å². The van der Waals surface area contributed by atoms with Crippen molar-refractivity contribution in [2.24, 2.45) is 0 Å². The van der Waals surface area contributed by atoms with Gasteiger partial charge in [0.1, 0.15) is 5.76 Å². The van der Waals surface area contributed by atoms with Crippen molar-refractivity contribution in [2.45, 2.75) is 43.1 Å². The Kier molecular flexibility index (Phi) is 5.25. The number of anilines is 2. The molecule has 0 aliphatic carbocycles. The van der Waals surface area contributed by atoms with Gasteiger partial charge < -0.3 is 14.2 Å². The van der Waals surface area contributed by atoms with Crippen molar-refractivity contribution in [3.63, 3.8) is 0 Å². The molecular weight excluding hydrogens is 398 g/mol. The van der Waals surface area contributed by atoms with Gasteiger partial charge in [-0.05, 0) is 49.9 Å². The zero-order valence-corrected chi connectivity index (χ0v) is 17.8. The third kappa shape index (κ3) is 3.60. The third-order valence-electron chi connectivity index (χ3n) is 5.76. The monoisotopic (exact) mass is 423 g/mol. The maximum absolute atomic E-state index is 13.2. The highest BCUT2D eigenvalue weighted by molar-refractivity contribution is 8.00. The molecule has 2 aromatic heterocycles. The van der Waals surface area contributed by atoms with Gasteiger partial charge in [-0.15, -0.1) is 10.2 Å². The van der Waals surface area contributed by atoms with Crippen molar-refractivity contribution in [1.29, 1.82) is 0 Å². The van der Waals surface area contributed by atoms with Crippen molar-refractivity contribution in [1.82, 2.24) is 14.8 Å². The van der Waals surface area contributed by atoms with Gasteiger partial charge in [-0.2, -0.15) is 0 Å². The molecule has 3 aromatic rings. The van der Waals surface area contributed by atoms with E-state index in [9.17, 15) is 4.79 Å². The van der Waals surface area contributed by atoms with Crippen LogP contribution in [-0.4, -0.2) is 45.6 Å². The van der Waals surface area contributed by atoms with Crippen LogP contribution in [0, 0.1) is 0 Å². The number of thioether (sulfide) groups is 1. The molecule has 5 rings (SSSR count). The number of aromatic nitrogens is 3. The summed E-state index contributed by atoms with van der Waals surface area (Å²) in [5.41, 5.74) is 2.27. The molecule has 1 atom stereocenters. The fraction of sp³-hybridized carbons (Fsp3) is 0.409. The number of para-hydroxylation sites is 1. The maximum Gasteiger partial charge on any atom is 0.240 e. The van der Waals surface area contributed by atoms with Crippen LogP contribution in [0.3, 0.4) is 0 Å². The second-order valence-electron chi connectivity index (χ2n) is 7.77. The number of carbonyl (C=O) groups is 1. The minimum Gasteiger partial charge on any atom is -0.467 e. The fourth-order valence-electron chi connectivity index (χ4n) is 4.21. The Hall–Kier alpha value is -2.74. The number of nitrogens with zero attached hydrogens (tertiary/aromatic N) is 5. The number of hydrogen-bond donors (Lipinski definition) is 0. The number of furan rings is 1. The second-order valence-corrected chi connectivity index (χ2v) is 9.08. The molecule has 0 radical (unpaired) electrons. The summed E-state index contributed by atoms with van der Waals surface area (Å²) < 4.78 is 7.65. The van der Waals surface area contributed by atoms with Crippen LogP contribution in [0.1, 0.15) is 31.1 Å². The van der Waals surface area contributed by atoms with Gasteiger partial charge in [-0.25, -0.2) is 0 Å². The lowest BCUT2D eigenvalue weighted by Gasteiger charge is -2.22. The van der Waals surface area contributed by atoms with E-state index >= 15 is 0 Å². The zero-order chi connectivity index (χ0) is 20.5. The van der Waals surface area contributed by atoms with Crippen molar-refractivity contribution < 1.29 is 9.21 Å². The maximum atomic E-state index is 13.2. The van der Waals surface area contributed by atoms with Crippen molar-refractivity contribution in [3.8, 4) is 0 Å². The summed E-state index contributed by atoms with van der Waals surface area (Å²) in [6.45, 7) is 5.22. The summed E-state index contributed by atoms with van der Waals surface area (Å²) in [5.74, 6) is 1.82. The lowest BCUT2D eigenvalue weighted by Crippen LogP contribution is -2.35. The van der Waals surface area contributed by atoms with E-state index in [1.165, 1.54) is 30.2 Å². The molecule has 4 heterocycles. The quantitative estimate of drug-likeness (QED) is 0.565. The molecular formula is C22H25N5O2S. The number of rotatable bonds is 6. The molecule has 0 N–H and O–H groups in total. The number of benzene rings is 1. The highest BCUT2D eigenvalue weighted by Crippen LogP contribution is 2.33. The van der Waals surface area contributed by atoms with Crippen LogP contribution in [0.5, 0.6) is 0 Å². The SMILES string of the molecule is CC(Sc1nnc(N2CCCC2)n1Cc1ccco1)C(=O)N1CCc2ccccc21. The van der Waals surface area contributed by atoms with Crippen molar-refractivity contribution in [3.05, 3.63) is 54.0 Å². The molecule has 0 bridgehead atoms. The van der Waals surface area contributed by atoms with Crippen LogP contribution in [0.15, 0.2) is 52.2 Å². The summed E-state index contributed by atoms with van der Waals surface area (Å²) in [7, 11) is 0. The minimum atomic E-state index is -0.262. The van der Waals surface area contributed by atoms with Crippen molar-refractivity contribution >= 4 is 29.3 Å². The third-order valence-corrected chi connectivity index (χ3v) is 6.83. The molecule has 7 nitrogen and oxygen atoms in total. The average molecular weight is 424 g/mol. The molecule has 1 unspecified atom stereocenters. The van der Waals surface area contributed by atoms with Gasteiger partial charge in [-0.1, -0.05) is 30.0 Å². The molecule has 2 aliphatic heterocycles. The topological polar surface area (TPSA) is 67.4 Å². The largest absolute Gasteiger partial charge is 0.467 e. The molecule has 156 valence electrons. The van der Waals surface area contributed by atoms with Gasteiger partial charge in [0.25, 0.3) is 0 Å². The Labute approximate surface area is 180 Å². The van der Waals surface area contributed by atoms with Crippen LogP contribution in [0.25, 0.3) is 0 Å². The molecule has 1 fully saturated rings. The first kappa shape index (κ1) is 19.2. The van der Waals surface area contributed by atoms with Crippen molar-refractivity contribution in [2.75, 3.05) is 29.4 Å². The molecule has 1 saturated heterocycles. The van der Waals surface area contributed by atoms with Crippen LogP contribution in [-0.2, 0) is 17.8 Å². The van der Waals surface area contributed by atoms with Gasteiger partial charge in [0.2, 0.25) is 11.9 Å². The van der Waals surface area contributed by atoms with E-state index < -0.39 is 0 Å². The fourth-order valence-corrected chi connectivity index (χ4v) is 5.12. The molecule has 30 heavy (non-hydrogen) atoms. The van der Waals surface area contributed by atoms with E-state index in [-0.39, 0.29) is 11.2 Å². The minimum absolute atomic E-state index is 0.111. The molecule has 0 spiro atoms. The predicted molar refractivity (Wildman–Crippen MR) is 117 cm³/mol. The first-order valence-corrected chi connectivity index (χ1v) is 11.3. The number of fused-ring (bicyclic) bond motifs is 1. The van der Waals surface area contributed by atoms with Crippen LogP contribution < -0.4 is 9.80 Å². The van der Waals surface area contributed by atoms with Crippen LogP contribution >= 0.6 is 11.8 Å². The van der Waals surface area contributed by atoms with E-state index in [2.05, 4.69) is 25.7 Å². The first-order chi connectivity index (χ1) is 14.7. The van der Waals surface area contributed by atoms with Crippen LogP contribution in [0.4, 0.5) is 11.6 Å².